The fourth-order valence-electron chi connectivity index (χ4n) is 1.42. The third kappa shape index (κ3) is 3.21. The van der Waals surface area contributed by atoms with E-state index in [0.29, 0.717) is 18.1 Å². The van der Waals surface area contributed by atoms with Gasteiger partial charge in [-0.3, -0.25) is 14.3 Å². The Hall–Kier alpha value is -2.08. The summed E-state index contributed by atoms with van der Waals surface area (Å²) in [6, 6.07) is 4.42. The average molecular weight is 267 g/mol. The molecule has 0 atom stereocenters. The summed E-state index contributed by atoms with van der Waals surface area (Å²) in [5.41, 5.74) is -0.0671. The van der Waals surface area contributed by atoms with Crippen LogP contribution in [0.25, 0.3) is 0 Å². The number of pyridine rings is 1. The molecule has 0 saturated carbocycles. The number of nitrogens with zero attached hydrogens (tertiary/aromatic N) is 2. The standard InChI is InChI=1S/C11H11ClN4O2/c12-8-6-14-16(7-8)5-4-13-11(18)9-2-1-3-10(17)15-9/h1-3,6-7H,4-5H2,(H,13,18)(H,15,17). The third-order valence-electron chi connectivity index (χ3n) is 2.24. The zero-order chi connectivity index (χ0) is 13.0. The molecular weight excluding hydrogens is 256 g/mol. The molecule has 0 bridgehead atoms. The van der Waals surface area contributed by atoms with Crippen LogP contribution in [0.2, 0.25) is 5.02 Å². The van der Waals surface area contributed by atoms with Crippen molar-refractivity contribution in [2.24, 2.45) is 0 Å². The van der Waals surface area contributed by atoms with Crippen molar-refractivity contribution in [2.45, 2.75) is 6.54 Å². The van der Waals surface area contributed by atoms with E-state index < -0.39 is 0 Å². The third-order valence-corrected chi connectivity index (χ3v) is 2.44. The van der Waals surface area contributed by atoms with Gasteiger partial charge < -0.3 is 10.3 Å². The fourth-order valence-corrected chi connectivity index (χ4v) is 1.58. The van der Waals surface area contributed by atoms with Crippen molar-refractivity contribution < 1.29 is 4.79 Å². The second-order valence-corrected chi connectivity index (χ2v) is 4.04. The summed E-state index contributed by atoms with van der Waals surface area (Å²) in [5.74, 6) is -0.328. The second-order valence-electron chi connectivity index (χ2n) is 3.61. The SMILES string of the molecule is O=C(NCCn1cc(Cl)cn1)c1cccc(=O)[nH]1. The first-order valence-electron chi connectivity index (χ1n) is 5.30. The van der Waals surface area contributed by atoms with Gasteiger partial charge in [-0.1, -0.05) is 17.7 Å². The summed E-state index contributed by atoms with van der Waals surface area (Å²) in [6.07, 6.45) is 3.19. The van der Waals surface area contributed by atoms with Crippen molar-refractivity contribution in [1.82, 2.24) is 20.1 Å². The van der Waals surface area contributed by atoms with Crippen molar-refractivity contribution in [3.05, 3.63) is 51.7 Å². The van der Waals surface area contributed by atoms with Crippen molar-refractivity contribution in [1.29, 1.82) is 0 Å². The highest BCUT2D eigenvalue weighted by atomic mass is 35.5. The monoisotopic (exact) mass is 266 g/mol. The summed E-state index contributed by atoms with van der Waals surface area (Å²) in [4.78, 5) is 25.1. The molecule has 0 aliphatic carbocycles. The fraction of sp³-hybridized carbons (Fsp3) is 0.182. The lowest BCUT2D eigenvalue weighted by atomic mass is 10.3. The number of H-pyrrole nitrogens is 1. The average Bonchev–Trinajstić information content (AvgIpc) is 2.75. The Morgan fingerprint density at radius 1 is 1.50 bits per heavy atom. The molecule has 0 aromatic carbocycles. The summed E-state index contributed by atoms with van der Waals surface area (Å²) in [6.45, 7) is 0.906. The topological polar surface area (TPSA) is 79.8 Å². The first-order valence-corrected chi connectivity index (χ1v) is 5.68. The van der Waals surface area contributed by atoms with Crippen molar-refractivity contribution in [2.75, 3.05) is 6.54 Å². The Labute approximate surface area is 108 Å². The lowest BCUT2D eigenvalue weighted by Crippen LogP contribution is -2.29. The highest BCUT2D eigenvalue weighted by molar-refractivity contribution is 6.30. The van der Waals surface area contributed by atoms with E-state index in [1.165, 1.54) is 18.3 Å². The van der Waals surface area contributed by atoms with E-state index in [2.05, 4.69) is 15.4 Å². The summed E-state index contributed by atoms with van der Waals surface area (Å²) < 4.78 is 1.62. The second kappa shape index (κ2) is 5.50. The van der Waals surface area contributed by atoms with E-state index in [4.69, 9.17) is 11.6 Å². The number of carbonyl (C=O) groups excluding carboxylic acids is 1. The number of carbonyl (C=O) groups is 1. The molecule has 0 spiro atoms. The number of rotatable bonds is 4. The summed E-state index contributed by atoms with van der Waals surface area (Å²) in [7, 11) is 0. The smallest absolute Gasteiger partial charge is 0.267 e. The van der Waals surface area contributed by atoms with E-state index in [1.54, 1.807) is 16.9 Å². The molecule has 0 saturated heterocycles. The first kappa shape index (κ1) is 12.4. The van der Waals surface area contributed by atoms with Gasteiger partial charge in [-0.15, -0.1) is 0 Å². The zero-order valence-electron chi connectivity index (χ0n) is 9.39. The van der Waals surface area contributed by atoms with Crippen LogP contribution < -0.4 is 10.9 Å². The number of halogens is 1. The first-order chi connectivity index (χ1) is 8.65. The number of amides is 1. The molecule has 0 aliphatic heterocycles. The summed E-state index contributed by atoms with van der Waals surface area (Å²) >= 11 is 5.70. The Balaban J connectivity index is 1.87. The molecule has 2 heterocycles. The lowest BCUT2D eigenvalue weighted by Gasteiger charge is -2.04. The minimum absolute atomic E-state index is 0.237. The Morgan fingerprint density at radius 2 is 2.33 bits per heavy atom. The molecule has 0 radical (unpaired) electrons. The minimum Gasteiger partial charge on any atom is -0.349 e. The molecule has 0 unspecified atom stereocenters. The van der Waals surface area contributed by atoms with Gasteiger partial charge in [-0.2, -0.15) is 5.10 Å². The van der Waals surface area contributed by atoms with Gasteiger partial charge in [0.05, 0.1) is 17.8 Å². The largest absolute Gasteiger partial charge is 0.349 e. The maximum atomic E-state index is 11.7. The van der Waals surface area contributed by atoms with Crippen LogP contribution in [0.5, 0.6) is 0 Å². The molecule has 2 rings (SSSR count). The molecule has 1 amide bonds. The van der Waals surface area contributed by atoms with Gasteiger partial charge in [-0.05, 0) is 6.07 Å². The van der Waals surface area contributed by atoms with Crippen LogP contribution in [0.15, 0.2) is 35.4 Å². The van der Waals surface area contributed by atoms with Gasteiger partial charge in [0.15, 0.2) is 0 Å². The molecule has 7 heteroatoms. The number of aromatic nitrogens is 3. The zero-order valence-corrected chi connectivity index (χ0v) is 10.1. The van der Waals surface area contributed by atoms with Gasteiger partial charge in [0.2, 0.25) is 5.56 Å². The summed E-state index contributed by atoms with van der Waals surface area (Å²) in [5, 5.41) is 7.20. The molecule has 2 aromatic rings. The highest BCUT2D eigenvalue weighted by Gasteiger charge is 2.05. The normalized spacial score (nSPS) is 10.3. The van der Waals surface area contributed by atoms with Crippen LogP contribution in [0.4, 0.5) is 0 Å². The van der Waals surface area contributed by atoms with Crippen molar-refractivity contribution >= 4 is 17.5 Å². The van der Waals surface area contributed by atoms with Crippen LogP contribution in [-0.4, -0.2) is 27.2 Å². The number of aromatic amines is 1. The van der Waals surface area contributed by atoms with Crippen LogP contribution in [0.3, 0.4) is 0 Å². The van der Waals surface area contributed by atoms with Crippen LogP contribution in [0.1, 0.15) is 10.5 Å². The molecule has 0 fully saturated rings. The molecule has 6 nitrogen and oxygen atoms in total. The van der Waals surface area contributed by atoms with E-state index in [0.717, 1.165) is 0 Å². The molecule has 2 N–H and O–H groups in total. The maximum Gasteiger partial charge on any atom is 0.267 e. The number of hydrogen-bond donors (Lipinski definition) is 2. The van der Waals surface area contributed by atoms with Gasteiger partial charge in [0, 0.05) is 18.8 Å². The lowest BCUT2D eigenvalue weighted by molar-refractivity contribution is 0.0946. The quantitative estimate of drug-likeness (QED) is 0.853. The minimum atomic E-state index is -0.328. The van der Waals surface area contributed by atoms with Crippen LogP contribution in [-0.2, 0) is 6.54 Å². The predicted molar refractivity (Wildman–Crippen MR) is 66.6 cm³/mol. The van der Waals surface area contributed by atoms with Crippen LogP contribution in [0, 0.1) is 0 Å². The predicted octanol–water partition coefficient (Wildman–Crippen LogP) is 0.655. The van der Waals surface area contributed by atoms with Gasteiger partial charge in [-0.25, -0.2) is 0 Å². The van der Waals surface area contributed by atoms with Gasteiger partial charge in [0.25, 0.3) is 5.91 Å². The molecule has 2 aromatic heterocycles. The maximum absolute atomic E-state index is 11.7. The van der Waals surface area contributed by atoms with E-state index >= 15 is 0 Å². The highest BCUT2D eigenvalue weighted by Crippen LogP contribution is 2.03. The molecular formula is C11H11ClN4O2. The Morgan fingerprint density at radius 3 is 3.00 bits per heavy atom. The van der Waals surface area contributed by atoms with Gasteiger partial charge >= 0.3 is 0 Å². The number of hydrogen-bond acceptors (Lipinski definition) is 3. The van der Waals surface area contributed by atoms with E-state index in [1.807, 2.05) is 0 Å². The molecule has 94 valence electrons. The Bertz CT molecular complexity index is 605. The van der Waals surface area contributed by atoms with Gasteiger partial charge in [0.1, 0.15) is 5.69 Å². The van der Waals surface area contributed by atoms with Crippen LogP contribution >= 0.6 is 11.6 Å². The van der Waals surface area contributed by atoms with E-state index in [-0.39, 0.29) is 17.2 Å². The number of nitrogens with one attached hydrogen (secondary N) is 2. The van der Waals surface area contributed by atoms with E-state index in [9.17, 15) is 9.59 Å². The molecule has 18 heavy (non-hydrogen) atoms. The molecule has 0 aliphatic rings. The van der Waals surface area contributed by atoms with Crippen molar-refractivity contribution in [3.8, 4) is 0 Å². The Kier molecular flexibility index (Phi) is 3.78. The van der Waals surface area contributed by atoms with Crippen molar-refractivity contribution in [3.63, 3.8) is 0 Å².